The van der Waals surface area contributed by atoms with Gasteiger partial charge in [0.1, 0.15) is 12.4 Å². The lowest BCUT2D eigenvalue weighted by molar-refractivity contribution is 0.0466. The topological polar surface area (TPSA) is 67.9 Å². The van der Waals surface area contributed by atoms with Crippen LogP contribution in [-0.2, 0) is 4.74 Å². The molecule has 6 nitrogen and oxygen atoms in total. The third-order valence-corrected chi connectivity index (χ3v) is 4.94. The summed E-state index contributed by atoms with van der Waals surface area (Å²) in [6, 6.07) is 9.36. The predicted octanol–water partition coefficient (Wildman–Crippen LogP) is 4.75. The van der Waals surface area contributed by atoms with E-state index in [0.29, 0.717) is 23.0 Å². The fourth-order valence-electron chi connectivity index (χ4n) is 2.70. The first-order valence-electron chi connectivity index (χ1n) is 9.23. The molecule has 0 unspecified atom stereocenters. The number of anilines is 1. The molecule has 156 valence electrons. The smallest absolute Gasteiger partial charge is 0.339 e. The maximum Gasteiger partial charge on any atom is 0.339 e. The van der Waals surface area contributed by atoms with Gasteiger partial charge in [-0.3, -0.25) is 4.79 Å². The zero-order valence-electron chi connectivity index (χ0n) is 16.6. The third kappa shape index (κ3) is 6.35. The number of nitrogens with one attached hydrogen (secondary N) is 1. The van der Waals surface area contributed by atoms with Crippen molar-refractivity contribution in [3.8, 4) is 5.75 Å². The number of halogens is 2. The van der Waals surface area contributed by atoms with Crippen LogP contribution in [0.1, 0.15) is 34.6 Å². The normalized spacial score (nSPS) is 10.7. The van der Waals surface area contributed by atoms with Crippen LogP contribution in [0, 0.1) is 0 Å². The number of esters is 1. The van der Waals surface area contributed by atoms with Gasteiger partial charge in [-0.1, -0.05) is 37.0 Å². The fourth-order valence-corrected chi connectivity index (χ4v) is 3.13. The van der Waals surface area contributed by atoms with Crippen molar-refractivity contribution in [1.82, 2.24) is 4.90 Å². The van der Waals surface area contributed by atoms with Crippen LogP contribution >= 0.6 is 23.2 Å². The summed E-state index contributed by atoms with van der Waals surface area (Å²) in [4.78, 5) is 27.0. The summed E-state index contributed by atoms with van der Waals surface area (Å²) in [5, 5.41) is 3.32. The van der Waals surface area contributed by atoms with Crippen molar-refractivity contribution in [1.29, 1.82) is 0 Å². The van der Waals surface area contributed by atoms with E-state index in [1.165, 1.54) is 25.3 Å². The molecule has 1 N–H and O–H groups in total. The molecule has 0 spiro atoms. The number of nitrogens with zero attached hydrogens (tertiary/aromatic N) is 1. The number of benzene rings is 2. The van der Waals surface area contributed by atoms with E-state index in [1.807, 2.05) is 13.8 Å². The molecule has 1 amide bonds. The number of ether oxygens (including phenoxy) is 2. The number of hydrogen-bond acceptors (Lipinski definition) is 5. The minimum atomic E-state index is -0.503. The van der Waals surface area contributed by atoms with Crippen molar-refractivity contribution < 1.29 is 19.1 Å². The Morgan fingerprint density at radius 3 is 2.38 bits per heavy atom. The molecule has 0 aromatic heterocycles. The van der Waals surface area contributed by atoms with E-state index in [2.05, 4.69) is 10.2 Å². The average molecular weight is 439 g/mol. The van der Waals surface area contributed by atoms with Crippen molar-refractivity contribution in [2.24, 2.45) is 0 Å². The van der Waals surface area contributed by atoms with E-state index < -0.39 is 11.9 Å². The molecule has 0 aliphatic carbocycles. The van der Waals surface area contributed by atoms with Crippen LogP contribution in [0.2, 0.25) is 10.0 Å². The number of hydrogen-bond donors (Lipinski definition) is 1. The lowest BCUT2D eigenvalue weighted by atomic mass is 10.1. The zero-order chi connectivity index (χ0) is 21.4. The second-order valence-corrected chi connectivity index (χ2v) is 7.00. The van der Waals surface area contributed by atoms with Crippen LogP contribution in [0.4, 0.5) is 5.69 Å². The minimum absolute atomic E-state index is 0.189. The monoisotopic (exact) mass is 438 g/mol. The third-order valence-electron chi connectivity index (χ3n) is 4.39. The summed E-state index contributed by atoms with van der Waals surface area (Å²) in [5.41, 5.74) is 0.960. The van der Waals surface area contributed by atoms with Crippen molar-refractivity contribution in [3.63, 3.8) is 0 Å². The molecule has 0 aliphatic rings. The molecule has 0 fully saturated rings. The van der Waals surface area contributed by atoms with Crippen LogP contribution in [0.25, 0.3) is 0 Å². The van der Waals surface area contributed by atoms with Crippen LogP contribution in [0.15, 0.2) is 36.4 Å². The van der Waals surface area contributed by atoms with Gasteiger partial charge in [-0.05, 0) is 49.5 Å². The van der Waals surface area contributed by atoms with Gasteiger partial charge in [0.15, 0.2) is 0 Å². The van der Waals surface area contributed by atoms with Gasteiger partial charge in [0.25, 0.3) is 5.91 Å². The number of carbonyl (C=O) groups excluding carboxylic acids is 2. The van der Waals surface area contributed by atoms with Crippen LogP contribution in [0.3, 0.4) is 0 Å². The van der Waals surface area contributed by atoms with E-state index in [9.17, 15) is 9.59 Å². The van der Waals surface area contributed by atoms with E-state index in [4.69, 9.17) is 32.7 Å². The van der Waals surface area contributed by atoms with Crippen molar-refractivity contribution in [2.75, 3.05) is 38.7 Å². The molecule has 0 saturated heterocycles. The highest BCUT2D eigenvalue weighted by Crippen LogP contribution is 2.26. The van der Waals surface area contributed by atoms with Gasteiger partial charge >= 0.3 is 5.97 Å². The first-order chi connectivity index (χ1) is 13.9. The van der Waals surface area contributed by atoms with Gasteiger partial charge in [0.05, 0.1) is 23.3 Å². The molecule has 8 heteroatoms. The second-order valence-electron chi connectivity index (χ2n) is 6.16. The number of likely N-dealkylation sites (N-methyl/N-ethyl adjacent to an activating group) is 1. The number of rotatable bonds is 9. The predicted molar refractivity (Wildman–Crippen MR) is 115 cm³/mol. The summed E-state index contributed by atoms with van der Waals surface area (Å²) < 4.78 is 10.5. The molecule has 2 rings (SSSR count). The summed E-state index contributed by atoms with van der Waals surface area (Å²) >= 11 is 12.2. The Hall–Kier alpha value is -2.28. The molecule has 0 atom stereocenters. The average Bonchev–Trinajstić information content (AvgIpc) is 2.71. The van der Waals surface area contributed by atoms with Gasteiger partial charge in [-0.15, -0.1) is 0 Å². The number of carbonyl (C=O) groups is 2. The van der Waals surface area contributed by atoms with Crippen molar-refractivity contribution >= 4 is 40.8 Å². The first kappa shape index (κ1) is 23.0. The largest absolute Gasteiger partial charge is 0.496 e. The maximum atomic E-state index is 12.5. The maximum absolute atomic E-state index is 12.5. The van der Waals surface area contributed by atoms with Gasteiger partial charge in [0.2, 0.25) is 0 Å². The van der Waals surface area contributed by atoms with E-state index in [0.717, 1.165) is 13.1 Å². The molecule has 0 saturated carbocycles. The molecule has 0 radical (unpaired) electrons. The summed E-state index contributed by atoms with van der Waals surface area (Å²) in [5.74, 6) is -0.516. The van der Waals surface area contributed by atoms with Crippen LogP contribution in [-0.4, -0.2) is 50.1 Å². The van der Waals surface area contributed by atoms with Gasteiger partial charge in [0, 0.05) is 17.3 Å². The highest BCUT2D eigenvalue weighted by molar-refractivity contribution is 6.34. The number of amides is 1. The Labute approximate surface area is 180 Å². The quantitative estimate of drug-likeness (QED) is 0.571. The fraction of sp³-hybridized carbons (Fsp3) is 0.333. The number of methoxy groups -OCH3 is 1. The molecular weight excluding hydrogens is 415 g/mol. The highest BCUT2D eigenvalue weighted by atomic mass is 35.5. The Morgan fingerprint density at radius 2 is 1.76 bits per heavy atom. The Bertz CT molecular complexity index is 870. The first-order valence-corrected chi connectivity index (χ1v) is 9.99. The summed E-state index contributed by atoms with van der Waals surface area (Å²) in [7, 11) is 1.47. The molecule has 2 aromatic rings. The molecule has 0 aliphatic heterocycles. The van der Waals surface area contributed by atoms with Gasteiger partial charge in [-0.2, -0.15) is 0 Å². The lowest BCUT2D eigenvalue weighted by Gasteiger charge is -2.17. The molecular formula is C21H24Cl2N2O4. The summed E-state index contributed by atoms with van der Waals surface area (Å²) in [6.45, 7) is 6.82. The standard InChI is InChI=1S/C21H24Cl2N2O4/c1-4-25(5-2)10-11-29-21(27)16-8-7-15(13-18(16)23)24-20(26)17-12-14(22)6-9-19(17)28-3/h6-9,12-13H,4-5,10-11H2,1-3H3,(H,24,26). The molecule has 29 heavy (non-hydrogen) atoms. The Morgan fingerprint density at radius 1 is 1.03 bits per heavy atom. The minimum Gasteiger partial charge on any atom is -0.496 e. The van der Waals surface area contributed by atoms with E-state index in [-0.39, 0.29) is 22.8 Å². The van der Waals surface area contributed by atoms with E-state index >= 15 is 0 Å². The highest BCUT2D eigenvalue weighted by Gasteiger charge is 2.16. The summed E-state index contributed by atoms with van der Waals surface area (Å²) in [6.07, 6.45) is 0. The lowest BCUT2D eigenvalue weighted by Crippen LogP contribution is -2.27. The molecule has 0 heterocycles. The Balaban J connectivity index is 2.05. The molecule has 0 bridgehead atoms. The zero-order valence-corrected chi connectivity index (χ0v) is 18.1. The van der Waals surface area contributed by atoms with Crippen molar-refractivity contribution in [2.45, 2.75) is 13.8 Å². The Kier molecular flexibility index (Phi) is 8.76. The van der Waals surface area contributed by atoms with Crippen molar-refractivity contribution in [3.05, 3.63) is 57.6 Å². The van der Waals surface area contributed by atoms with Gasteiger partial charge in [-0.25, -0.2) is 4.79 Å². The molecule has 2 aromatic carbocycles. The van der Waals surface area contributed by atoms with Crippen LogP contribution < -0.4 is 10.1 Å². The van der Waals surface area contributed by atoms with Crippen LogP contribution in [0.5, 0.6) is 5.75 Å². The van der Waals surface area contributed by atoms with E-state index in [1.54, 1.807) is 18.2 Å². The second kappa shape index (κ2) is 11.0. The SMILES string of the molecule is CCN(CC)CCOC(=O)c1ccc(NC(=O)c2cc(Cl)ccc2OC)cc1Cl. The van der Waals surface area contributed by atoms with Gasteiger partial charge < -0.3 is 19.7 Å².